The summed E-state index contributed by atoms with van der Waals surface area (Å²) < 4.78 is 32.3. The molecule has 1 saturated carbocycles. The van der Waals surface area contributed by atoms with E-state index in [9.17, 15) is 13.5 Å². The number of rotatable bonds is 7. The van der Waals surface area contributed by atoms with Gasteiger partial charge in [0.15, 0.2) is 0 Å². The molecule has 0 aliphatic heterocycles. The third-order valence-corrected chi connectivity index (χ3v) is 6.38. The van der Waals surface area contributed by atoms with Crippen LogP contribution in [0.3, 0.4) is 0 Å². The molecule has 2 N–H and O–H groups in total. The van der Waals surface area contributed by atoms with Gasteiger partial charge in [-0.05, 0) is 37.3 Å². The number of methoxy groups -OCH3 is 1. The molecule has 112 valence electrons. The lowest BCUT2D eigenvalue weighted by atomic mass is 10.2. The molecule has 20 heavy (non-hydrogen) atoms. The molecule has 7 heteroatoms. The zero-order valence-electron chi connectivity index (χ0n) is 11.5. The molecule has 0 unspecified atom stereocenters. The van der Waals surface area contributed by atoms with Gasteiger partial charge in [0.2, 0.25) is 10.0 Å². The quantitative estimate of drug-likeness (QED) is 0.794. The van der Waals surface area contributed by atoms with Crippen LogP contribution in [0, 0.1) is 0 Å². The van der Waals surface area contributed by atoms with Crippen LogP contribution in [-0.2, 0) is 16.6 Å². The Kier molecular flexibility index (Phi) is 4.63. The van der Waals surface area contributed by atoms with Gasteiger partial charge in [-0.25, -0.2) is 13.1 Å². The maximum Gasteiger partial charge on any atom is 0.240 e. The normalized spacial score (nSPS) is 16.9. The zero-order chi connectivity index (χ0) is 14.8. The van der Waals surface area contributed by atoms with Crippen molar-refractivity contribution in [3.8, 4) is 5.75 Å². The van der Waals surface area contributed by atoms with Crippen LogP contribution in [0.15, 0.2) is 23.1 Å². The number of aliphatic hydroxyl groups excluding tert-OH is 1. The van der Waals surface area contributed by atoms with Crippen LogP contribution in [0.4, 0.5) is 0 Å². The topological polar surface area (TPSA) is 75.6 Å². The first kappa shape index (κ1) is 15.6. The molecule has 0 bridgehead atoms. The SMILES string of the molecule is COc1ccc(S(=O)(=O)NCC2(SC)CC2)cc1CO. The molecule has 2 rings (SSSR count). The van der Waals surface area contributed by atoms with Crippen LogP contribution in [0.1, 0.15) is 18.4 Å². The van der Waals surface area contributed by atoms with E-state index in [1.807, 2.05) is 6.26 Å². The first-order valence-corrected chi connectivity index (χ1v) is 9.00. The molecule has 0 saturated heterocycles. The summed E-state index contributed by atoms with van der Waals surface area (Å²) in [6.45, 7) is 0.179. The molecule has 1 aliphatic rings. The number of hydrogen-bond acceptors (Lipinski definition) is 5. The molecule has 1 aromatic carbocycles. The summed E-state index contributed by atoms with van der Waals surface area (Å²) in [5.41, 5.74) is 0.460. The lowest BCUT2D eigenvalue weighted by molar-refractivity contribution is 0.273. The highest BCUT2D eigenvalue weighted by Crippen LogP contribution is 2.46. The van der Waals surface area contributed by atoms with Gasteiger partial charge < -0.3 is 9.84 Å². The Hall–Kier alpha value is -0.760. The number of nitrogens with one attached hydrogen (secondary N) is 1. The summed E-state index contributed by atoms with van der Waals surface area (Å²) in [4.78, 5) is 0.152. The molecule has 0 radical (unpaired) electrons. The highest BCUT2D eigenvalue weighted by Gasteiger charge is 2.42. The highest BCUT2D eigenvalue weighted by molar-refractivity contribution is 8.00. The highest BCUT2D eigenvalue weighted by atomic mass is 32.2. The van der Waals surface area contributed by atoms with Crippen LogP contribution < -0.4 is 9.46 Å². The molecule has 1 fully saturated rings. The summed E-state index contributed by atoms with van der Waals surface area (Å²) in [7, 11) is -2.07. The van der Waals surface area contributed by atoms with Crippen LogP contribution in [0.25, 0.3) is 0 Å². The predicted octanol–water partition coefficient (Wildman–Crippen LogP) is 1.36. The molecule has 0 amide bonds. The monoisotopic (exact) mass is 317 g/mol. The Morgan fingerprint density at radius 3 is 2.65 bits per heavy atom. The van der Waals surface area contributed by atoms with Crippen molar-refractivity contribution in [3.05, 3.63) is 23.8 Å². The van der Waals surface area contributed by atoms with E-state index in [1.54, 1.807) is 17.8 Å². The van der Waals surface area contributed by atoms with Gasteiger partial charge in [0.05, 0.1) is 18.6 Å². The summed E-state index contributed by atoms with van der Waals surface area (Å²) in [6, 6.07) is 4.49. The van der Waals surface area contributed by atoms with Gasteiger partial charge in [0, 0.05) is 16.9 Å². The van der Waals surface area contributed by atoms with E-state index in [0.717, 1.165) is 12.8 Å². The Morgan fingerprint density at radius 2 is 2.15 bits per heavy atom. The van der Waals surface area contributed by atoms with Crippen molar-refractivity contribution in [1.82, 2.24) is 4.72 Å². The second kappa shape index (κ2) is 5.93. The standard InChI is InChI=1S/C13H19NO4S2/c1-18-12-4-3-11(7-10(12)8-15)20(16,17)14-9-13(19-2)5-6-13/h3-4,7,14-15H,5-6,8-9H2,1-2H3. The number of hydrogen-bond donors (Lipinski definition) is 2. The second-order valence-corrected chi connectivity index (χ2v) is 7.88. The van der Waals surface area contributed by atoms with Gasteiger partial charge in [0.25, 0.3) is 0 Å². The third kappa shape index (κ3) is 3.28. The lowest BCUT2D eigenvalue weighted by Crippen LogP contribution is -2.31. The van der Waals surface area contributed by atoms with Gasteiger partial charge in [-0.1, -0.05) is 0 Å². The van der Waals surface area contributed by atoms with Gasteiger partial charge in [-0.2, -0.15) is 11.8 Å². The van der Waals surface area contributed by atoms with Crippen molar-refractivity contribution in [3.63, 3.8) is 0 Å². The van der Waals surface area contributed by atoms with Crippen LogP contribution in [0.2, 0.25) is 0 Å². The fourth-order valence-corrected chi connectivity index (χ4v) is 3.94. The molecule has 0 heterocycles. The zero-order valence-corrected chi connectivity index (χ0v) is 13.2. The van der Waals surface area contributed by atoms with Gasteiger partial charge in [-0.3, -0.25) is 0 Å². The van der Waals surface area contributed by atoms with Crippen molar-refractivity contribution >= 4 is 21.8 Å². The molecule has 1 aliphatic carbocycles. The van der Waals surface area contributed by atoms with E-state index in [0.29, 0.717) is 17.9 Å². The average Bonchev–Trinajstić information content (AvgIpc) is 3.25. The first-order chi connectivity index (χ1) is 9.46. The summed E-state index contributed by atoms with van der Waals surface area (Å²) in [5, 5.41) is 9.25. The molecular weight excluding hydrogens is 298 g/mol. The van der Waals surface area contributed by atoms with Crippen molar-refractivity contribution < 1.29 is 18.3 Å². The van der Waals surface area contributed by atoms with E-state index in [2.05, 4.69) is 4.72 Å². The Labute approximate surface area is 123 Å². The minimum Gasteiger partial charge on any atom is -0.496 e. The third-order valence-electron chi connectivity index (χ3n) is 3.56. The smallest absolute Gasteiger partial charge is 0.240 e. The first-order valence-electron chi connectivity index (χ1n) is 6.29. The van der Waals surface area contributed by atoms with Gasteiger partial charge >= 0.3 is 0 Å². The van der Waals surface area contributed by atoms with Crippen molar-refractivity contribution in [2.45, 2.75) is 29.1 Å². The number of benzene rings is 1. The predicted molar refractivity (Wildman–Crippen MR) is 79.6 cm³/mol. The molecule has 5 nitrogen and oxygen atoms in total. The fourth-order valence-electron chi connectivity index (χ4n) is 1.95. The van der Waals surface area contributed by atoms with Crippen molar-refractivity contribution in [1.29, 1.82) is 0 Å². The summed E-state index contributed by atoms with van der Waals surface area (Å²) in [5.74, 6) is 0.481. The molecule has 0 atom stereocenters. The molecular formula is C13H19NO4S2. The van der Waals surface area contributed by atoms with E-state index >= 15 is 0 Å². The lowest BCUT2D eigenvalue weighted by Gasteiger charge is -2.14. The maximum atomic E-state index is 12.2. The Balaban J connectivity index is 2.16. The fraction of sp³-hybridized carbons (Fsp3) is 0.538. The minimum atomic E-state index is -3.55. The number of ether oxygens (including phenoxy) is 1. The van der Waals surface area contributed by atoms with Crippen molar-refractivity contribution in [2.24, 2.45) is 0 Å². The number of aliphatic hydroxyl groups is 1. The van der Waals surface area contributed by atoms with E-state index in [-0.39, 0.29) is 16.2 Å². The van der Waals surface area contributed by atoms with E-state index in [4.69, 9.17) is 4.74 Å². The summed E-state index contributed by atoms with van der Waals surface area (Å²) in [6.07, 6.45) is 4.08. The maximum absolute atomic E-state index is 12.2. The van der Waals surface area contributed by atoms with Crippen molar-refractivity contribution in [2.75, 3.05) is 19.9 Å². The Bertz CT molecular complexity index is 582. The van der Waals surface area contributed by atoms with E-state index in [1.165, 1.54) is 19.2 Å². The summed E-state index contributed by atoms with van der Waals surface area (Å²) >= 11 is 1.70. The van der Waals surface area contributed by atoms with Gasteiger partial charge in [0.1, 0.15) is 5.75 Å². The van der Waals surface area contributed by atoms with Crippen LogP contribution >= 0.6 is 11.8 Å². The second-order valence-electron chi connectivity index (χ2n) is 4.84. The van der Waals surface area contributed by atoms with Gasteiger partial charge in [-0.15, -0.1) is 0 Å². The number of thioether (sulfide) groups is 1. The molecule has 0 aromatic heterocycles. The molecule has 0 spiro atoms. The largest absolute Gasteiger partial charge is 0.496 e. The van der Waals surface area contributed by atoms with Crippen LogP contribution in [-0.4, -0.2) is 38.2 Å². The number of sulfonamides is 1. The Morgan fingerprint density at radius 1 is 1.45 bits per heavy atom. The minimum absolute atomic E-state index is 0.0688. The van der Waals surface area contributed by atoms with E-state index < -0.39 is 10.0 Å². The van der Waals surface area contributed by atoms with Crippen LogP contribution in [0.5, 0.6) is 5.75 Å². The molecule has 1 aromatic rings. The average molecular weight is 317 g/mol.